The fraction of sp³-hybridized carbons (Fsp3) is 0.0435. The molecule has 3 heterocycles. The maximum Gasteiger partial charge on any atom is 0.164 e. The Kier molecular flexibility index (Phi) is 4.55. The third kappa shape index (κ3) is 3.14. The van der Waals surface area contributed by atoms with Crippen molar-refractivity contribution in [3.63, 3.8) is 0 Å². The lowest BCUT2D eigenvalue weighted by Crippen LogP contribution is -1.98. The number of para-hydroxylation sites is 2. The van der Waals surface area contributed by atoms with Crippen LogP contribution < -0.4 is 0 Å². The highest BCUT2D eigenvalue weighted by Crippen LogP contribution is 2.31. The first-order chi connectivity index (χ1) is 14.6. The van der Waals surface area contributed by atoms with E-state index < -0.39 is 0 Å². The van der Waals surface area contributed by atoms with Crippen molar-refractivity contribution in [2.45, 2.75) is 6.92 Å². The van der Waals surface area contributed by atoms with Gasteiger partial charge in [-0.1, -0.05) is 41.9 Å². The van der Waals surface area contributed by atoms with Crippen LogP contribution in [-0.2, 0) is 0 Å². The zero-order valence-electron chi connectivity index (χ0n) is 15.9. The maximum absolute atomic E-state index is 9.75. The number of aryl methyl sites for hydroxylation is 1. The Morgan fingerprint density at radius 3 is 2.63 bits per heavy atom. The molecule has 0 aliphatic rings. The van der Waals surface area contributed by atoms with E-state index in [4.69, 9.17) is 11.6 Å². The number of hydrogen-bond acceptors (Lipinski definition) is 5. The Bertz CT molecular complexity index is 1440. The van der Waals surface area contributed by atoms with Crippen LogP contribution in [0.4, 0.5) is 0 Å². The van der Waals surface area contributed by atoms with Crippen LogP contribution in [-0.4, -0.2) is 19.7 Å². The molecule has 0 fully saturated rings. The minimum atomic E-state index is 0.313. The van der Waals surface area contributed by atoms with Crippen molar-refractivity contribution in [3.8, 4) is 11.8 Å². The van der Waals surface area contributed by atoms with Gasteiger partial charge in [0.25, 0.3) is 0 Å². The van der Waals surface area contributed by atoms with Gasteiger partial charge in [-0.15, -0.1) is 11.3 Å². The molecule has 3 aromatic heterocycles. The summed E-state index contributed by atoms with van der Waals surface area (Å²) in [6, 6.07) is 21.8. The van der Waals surface area contributed by atoms with Gasteiger partial charge >= 0.3 is 0 Å². The largest absolute Gasteiger partial charge is 0.235 e. The molecule has 0 saturated carbocycles. The van der Waals surface area contributed by atoms with Crippen molar-refractivity contribution in [1.82, 2.24) is 19.7 Å². The summed E-state index contributed by atoms with van der Waals surface area (Å²) >= 11 is 8.00. The van der Waals surface area contributed by atoms with Crippen LogP contribution in [0.5, 0.6) is 0 Å². The summed E-state index contributed by atoms with van der Waals surface area (Å²) in [5.41, 5.74) is 4.42. The lowest BCUT2D eigenvalue weighted by molar-refractivity contribution is 0.878. The second-order valence-corrected chi connectivity index (χ2v) is 8.12. The van der Waals surface area contributed by atoms with Gasteiger partial charge in [-0.05, 0) is 43.3 Å². The number of benzene rings is 2. The highest BCUT2D eigenvalue weighted by Gasteiger charge is 2.15. The van der Waals surface area contributed by atoms with E-state index in [1.807, 2.05) is 67.6 Å². The summed E-state index contributed by atoms with van der Waals surface area (Å²) < 4.78 is 2.82. The molecule has 30 heavy (non-hydrogen) atoms. The number of nitriles is 1. The van der Waals surface area contributed by atoms with Crippen molar-refractivity contribution in [3.05, 3.63) is 82.1 Å². The molecule has 0 aliphatic carbocycles. The predicted molar refractivity (Wildman–Crippen MR) is 122 cm³/mol. The first-order valence-electron chi connectivity index (χ1n) is 9.23. The maximum atomic E-state index is 9.75. The molecule has 0 amide bonds. The SMILES string of the molecule is Cc1nn(-c2ccccc2)c2nc(Cl)c(C=C(C#N)c3nc4ccccc4s3)cc12. The Hall–Kier alpha value is -3.53. The van der Waals surface area contributed by atoms with Crippen LogP contribution in [0.15, 0.2) is 60.7 Å². The number of aromatic nitrogens is 4. The number of hydrogen-bond donors (Lipinski definition) is 0. The van der Waals surface area contributed by atoms with E-state index in [1.54, 1.807) is 10.8 Å². The first-order valence-corrected chi connectivity index (χ1v) is 10.4. The van der Waals surface area contributed by atoms with Gasteiger partial charge in [0.2, 0.25) is 0 Å². The first kappa shape index (κ1) is 18.5. The highest BCUT2D eigenvalue weighted by molar-refractivity contribution is 7.19. The molecule has 0 unspecified atom stereocenters. The van der Waals surface area contributed by atoms with E-state index in [-0.39, 0.29) is 0 Å². The van der Waals surface area contributed by atoms with Gasteiger partial charge < -0.3 is 0 Å². The lowest BCUT2D eigenvalue weighted by Gasteiger charge is -2.04. The summed E-state index contributed by atoms with van der Waals surface area (Å²) in [5.74, 6) is 0. The second kappa shape index (κ2) is 7.38. The Morgan fingerprint density at radius 2 is 1.87 bits per heavy atom. The average molecular weight is 428 g/mol. The van der Waals surface area contributed by atoms with Gasteiger partial charge in [-0.25, -0.2) is 14.6 Å². The minimum absolute atomic E-state index is 0.313. The number of rotatable bonds is 3. The van der Waals surface area contributed by atoms with Crippen molar-refractivity contribution in [1.29, 1.82) is 5.26 Å². The van der Waals surface area contributed by atoms with Gasteiger partial charge in [-0.2, -0.15) is 10.4 Å². The fourth-order valence-corrected chi connectivity index (χ4v) is 4.43. The molecule has 2 aromatic carbocycles. The molecular formula is C23H14ClN5S. The normalized spacial score (nSPS) is 11.8. The standard InChI is InChI=1S/C23H14ClN5S/c1-14-18-12-15(11-16(13-25)23-26-19-9-5-6-10-20(19)30-23)21(24)27-22(18)29(28-14)17-7-3-2-4-8-17/h2-12H,1H3. The summed E-state index contributed by atoms with van der Waals surface area (Å²) in [7, 11) is 0. The molecule has 0 N–H and O–H groups in total. The van der Waals surface area contributed by atoms with Gasteiger partial charge in [0.15, 0.2) is 5.65 Å². The van der Waals surface area contributed by atoms with Crippen LogP contribution in [0.3, 0.4) is 0 Å². The second-order valence-electron chi connectivity index (χ2n) is 6.73. The quantitative estimate of drug-likeness (QED) is 0.259. The van der Waals surface area contributed by atoms with Crippen molar-refractivity contribution < 1.29 is 0 Å². The number of nitrogens with zero attached hydrogens (tertiary/aromatic N) is 5. The zero-order valence-corrected chi connectivity index (χ0v) is 17.4. The number of fused-ring (bicyclic) bond motifs is 2. The molecule has 144 valence electrons. The molecule has 0 saturated heterocycles. The Balaban J connectivity index is 1.64. The van der Waals surface area contributed by atoms with Crippen LogP contribution in [0.2, 0.25) is 5.15 Å². The summed E-state index contributed by atoms with van der Waals surface area (Å²) in [5, 5.41) is 16.2. The average Bonchev–Trinajstić information content (AvgIpc) is 3.34. The minimum Gasteiger partial charge on any atom is -0.235 e. The Labute approximate surface area is 181 Å². The topological polar surface area (TPSA) is 67.4 Å². The fourth-order valence-electron chi connectivity index (χ4n) is 3.31. The van der Waals surface area contributed by atoms with Crippen molar-refractivity contribution in [2.24, 2.45) is 0 Å². The molecule has 0 radical (unpaired) electrons. The number of thiazole rings is 1. The van der Waals surface area contributed by atoms with Crippen molar-refractivity contribution in [2.75, 3.05) is 0 Å². The molecule has 0 atom stereocenters. The highest BCUT2D eigenvalue weighted by atomic mass is 35.5. The van der Waals surface area contributed by atoms with Crippen LogP contribution in [0.1, 0.15) is 16.3 Å². The Morgan fingerprint density at radius 1 is 1.10 bits per heavy atom. The molecule has 5 rings (SSSR count). The molecule has 7 heteroatoms. The summed E-state index contributed by atoms with van der Waals surface area (Å²) in [6.45, 7) is 1.93. The van der Waals surface area contributed by atoms with Crippen LogP contribution in [0, 0.1) is 18.3 Å². The monoisotopic (exact) mass is 427 g/mol. The number of halogens is 1. The molecule has 5 nitrogen and oxygen atoms in total. The van der Waals surface area contributed by atoms with E-state index in [9.17, 15) is 5.26 Å². The smallest absolute Gasteiger partial charge is 0.164 e. The predicted octanol–water partition coefficient (Wildman–Crippen LogP) is 6.06. The van der Waals surface area contributed by atoms with E-state index in [0.29, 0.717) is 26.9 Å². The van der Waals surface area contributed by atoms with E-state index in [1.165, 1.54) is 11.3 Å². The van der Waals surface area contributed by atoms with Gasteiger partial charge in [-0.3, -0.25) is 0 Å². The third-order valence-electron chi connectivity index (χ3n) is 4.77. The zero-order chi connectivity index (χ0) is 20.7. The van der Waals surface area contributed by atoms with Gasteiger partial charge in [0, 0.05) is 10.9 Å². The van der Waals surface area contributed by atoms with Crippen LogP contribution in [0.25, 0.3) is 38.6 Å². The number of pyridine rings is 1. The third-order valence-corrected chi connectivity index (χ3v) is 6.14. The molecule has 5 aromatic rings. The number of allylic oxidation sites excluding steroid dienone is 1. The van der Waals surface area contributed by atoms with E-state index in [2.05, 4.69) is 21.1 Å². The van der Waals surface area contributed by atoms with E-state index in [0.717, 1.165) is 27.0 Å². The van der Waals surface area contributed by atoms with Crippen molar-refractivity contribution >= 4 is 55.8 Å². The lowest BCUT2D eigenvalue weighted by atomic mass is 10.1. The summed E-state index contributed by atoms with van der Waals surface area (Å²) in [4.78, 5) is 9.17. The molecular weight excluding hydrogens is 414 g/mol. The molecule has 0 aliphatic heterocycles. The molecule has 0 spiro atoms. The molecule has 0 bridgehead atoms. The van der Waals surface area contributed by atoms with Gasteiger partial charge in [0.1, 0.15) is 16.2 Å². The van der Waals surface area contributed by atoms with E-state index >= 15 is 0 Å². The van der Waals surface area contributed by atoms with Crippen LogP contribution >= 0.6 is 22.9 Å². The van der Waals surface area contributed by atoms with Gasteiger partial charge in [0.05, 0.1) is 27.2 Å². The summed E-state index contributed by atoms with van der Waals surface area (Å²) in [6.07, 6.45) is 1.74.